The van der Waals surface area contributed by atoms with Crippen LogP contribution in [0.3, 0.4) is 0 Å². The maximum atomic E-state index is 12.0. The maximum Gasteiger partial charge on any atom is 0.254 e. The lowest BCUT2D eigenvalue weighted by Gasteiger charge is -2.08. The molecule has 2 heterocycles. The molecule has 23 heavy (non-hydrogen) atoms. The van der Waals surface area contributed by atoms with Gasteiger partial charge in [-0.25, -0.2) is 15.0 Å². The van der Waals surface area contributed by atoms with E-state index in [2.05, 4.69) is 20.3 Å². The van der Waals surface area contributed by atoms with Crippen molar-refractivity contribution in [1.82, 2.24) is 15.0 Å². The second kappa shape index (κ2) is 7.30. The van der Waals surface area contributed by atoms with Gasteiger partial charge in [-0.15, -0.1) is 0 Å². The van der Waals surface area contributed by atoms with E-state index in [1.54, 1.807) is 19.2 Å². The molecule has 3 N–H and O–H groups in total. The number of ether oxygens (including phenoxy) is 1. The van der Waals surface area contributed by atoms with Crippen LogP contribution in [0.25, 0.3) is 0 Å². The quantitative estimate of drug-likeness (QED) is 0.815. The molecule has 0 saturated carbocycles. The number of nitrogens with zero attached hydrogens (tertiary/aromatic N) is 3. The van der Waals surface area contributed by atoms with Crippen LogP contribution in [0.5, 0.6) is 5.88 Å². The molecule has 0 bridgehead atoms. The van der Waals surface area contributed by atoms with Gasteiger partial charge in [-0.1, -0.05) is 0 Å². The number of aryl methyl sites for hydroxylation is 2. The molecule has 0 aliphatic heterocycles. The van der Waals surface area contributed by atoms with Crippen molar-refractivity contribution in [2.45, 2.75) is 19.8 Å². The first-order chi connectivity index (χ1) is 11.0. The second-order valence-corrected chi connectivity index (χ2v) is 4.79. The monoisotopic (exact) mass is 315 g/mol. The zero-order valence-electron chi connectivity index (χ0n) is 12.9. The Hall–Kier alpha value is -3.03. The van der Waals surface area contributed by atoms with E-state index in [1.807, 2.05) is 0 Å². The summed E-state index contributed by atoms with van der Waals surface area (Å²) < 4.78 is 4.94. The SMILES string of the molecule is COc1ncc(NC(=O)CCc2ccnc(C)n2)cc1C(N)=O. The molecule has 0 spiro atoms. The molecule has 8 heteroatoms. The first-order valence-corrected chi connectivity index (χ1v) is 6.92. The fourth-order valence-electron chi connectivity index (χ4n) is 1.97. The van der Waals surface area contributed by atoms with Crippen molar-refractivity contribution in [2.24, 2.45) is 5.73 Å². The van der Waals surface area contributed by atoms with Crippen LogP contribution < -0.4 is 15.8 Å². The van der Waals surface area contributed by atoms with Gasteiger partial charge in [0, 0.05) is 18.3 Å². The number of amides is 2. The first kappa shape index (κ1) is 16.3. The van der Waals surface area contributed by atoms with Gasteiger partial charge in [0.05, 0.1) is 19.0 Å². The van der Waals surface area contributed by atoms with Crippen molar-refractivity contribution < 1.29 is 14.3 Å². The zero-order valence-corrected chi connectivity index (χ0v) is 12.9. The number of methoxy groups -OCH3 is 1. The second-order valence-electron chi connectivity index (χ2n) is 4.79. The van der Waals surface area contributed by atoms with Gasteiger partial charge in [-0.2, -0.15) is 0 Å². The number of nitrogens with two attached hydrogens (primary N) is 1. The zero-order chi connectivity index (χ0) is 16.8. The molecule has 0 radical (unpaired) electrons. The summed E-state index contributed by atoms with van der Waals surface area (Å²) in [7, 11) is 1.39. The molecule has 2 amide bonds. The molecule has 0 unspecified atom stereocenters. The van der Waals surface area contributed by atoms with E-state index in [0.717, 1.165) is 5.69 Å². The number of pyridine rings is 1. The van der Waals surface area contributed by atoms with Gasteiger partial charge >= 0.3 is 0 Å². The van der Waals surface area contributed by atoms with E-state index in [-0.39, 0.29) is 23.8 Å². The summed E-state index contributed by atoms with van der Waals surface area (Å²) in [5.74, 6) is -0.120. The summed E-state index contributed by atoms with van der Waals surface area (Å²) >= 11 is 0. The number of primary amides is 1. The summed E-state index contributed by atoms with van der Waals surface area (Å²) in [6.07, 6.45) is 3.79. The van der Waals surface area contributed by atoms with Gasteiger partial charge in [-0.05, 0) is 25.5 Å². The third-order valence-electron chi connectivity index (χ3n) is 3.04. The highest BCUT2D eigenvalue weighted by Crippen LogP contribution is 2.18. The number of carbonyl (C=O) groups is 2. The third kappa shape index (κ3) is 4.47. The van der Waals surface area contributed by atoms with Crippen LogP contribution in [0, 0.1) is 6.92 Å². The number of hydrogen-bond acceptors (Lipinski definition) is 6. The highest BCUT2D eigenvalue weighted by Gasteiger charge is 2.13. The molecular weight excluding hydrogens is 298 g/mol. The van der Waals surface area contributed by atoms with Gasteiger partial charge < -0.3 is 15.8 Å². The molecule has 0 aliphatic carbocycles. The van der Waals surface area contributed by atoms with Crippen LogP contribution in [-0.4, -0.2) is 33.9 Å². The smallest absolute Gasteiger partial charge is 0.254 e. The van der Waals surface area contributed by atoms with Crippen LogP contribution in [0.15, 0.2) is 24.5 Å². The van der Waals surface area contributed by atoms with Gasteiger partial charge in [0.2, 0.25) is 11.8 Å². The largest absolute Gasteiger partial charge is 0.480 e. The summed E-state index contributed by atoms with van der Waals surface area (Å²) in [6.45, 7) is 1.79. The van der Waals surface area contributed by atoms with Crippen LogP contribution in [-0.2, 0) is 11.2 Å². The van der Waals surface area contributed by atoms with E-state index in [4.69, 9.17) is 10.5 Å². The van der Waals surface area contributed by atoms with Gasteiger partial charge in [0.25, 0.3) is 5.91 Å². The molecule has 0 atom stereocenters. The van der Waals surface area contributed by atoms with Crippen molar-refractivity contribution >= 4 is 17.5 Å². The van der Waals surface area contributed by atoms with Crippen LogP contribution >= 0.6 is 0 Å². The molecule has 8 nitrogen and oxygen atoms in total. The Morgan fingerprint density at radius 1 is 1.35 bits per heavy atom. The Bertz CT molecular complexity index is 733. The molecule has 2 aromatic rings. The molecule has 0 aliphatic rings. The predicted octanol–water partition coefficient (Wildman–Crippen LogP) is 0.859. The number of anilines is 1. The summed E-state index contributed by atoms with van der Waals surface area (Å²) in [5, 5.41) is 2.67. The Morgan fingerprint density at radius 3 is 2.78 bits per heavy atom. The lowest BCUT2D eigenvalue weighted by molar-refractivity contribution is -0.116. The van der Waals surface area contributed by atoms with Gasteiger partial charge in [0.15, 0.2) is 0 Å². The third-order valence-corrected chi connectivity index (χ3v) is 3.04. The molecule has 0 fully saturated rings. The predicted molar refractivity (Wildman–Crippen MR) is 83.0 cm³/mol. The van der Waals surface area contributed by atoms with Gasteiger partial charge in [-0.3, -0.25) is 9.59 Å². The van der Waals surface area contributed by atoms with Gasteiger partial charge in [0.1, 0.15) is 11.4 Å². The molecular formula is C15H17N5O3. The molecule has 0 aromatic carbocycles. The minimum atomic E-state index is -0.679. The number of aromatic nitrogens is 3. The minimum Gasteiger partial charge on any atom is -0.480 e. The normalized spacial score (nSPS) is 10.2. The Kier molecular flexibility index (Phi) is 5.19. The molecule has 0 saturated heterocycles. The van der Waals surface area contributed by atoms with E-state index in [9.17, 15) is 9.59 Å². The number of rotatable bonds is 6. The molecule has 2 aromatic heterocycles. The first-order valence-electron chi connectivity index (χ1n) is 6.92. The summed E-state index contributed by atoms with van der Waals surface area (Å²) in [6, 6.07) is 3.20. The number of carbonyl (C=O) groups excluding carboxylic acids is 2. The van der Waals surface area contributed by atoms with E-state index in [0.29, 0.717) is 17.9 Å². The average Bonchev–Trinajstić information content (AvgIpc) is 2.53. The highest BCUT2D eigenvalue weighted by atomic mass is 16.5. The standard InChI is InChI=1S/C15H17N5O3/c1-9-17-6-5-10(19-9)3-4-13(21)20-11-7-12(14(16)22)15(23-2)18-8-11/h5-8H,3-4H2,1-2H3,(H2,16,22)(H,20,21). The molecule has 120 valence electrons. The number of nitrogens with one attached hydrogen (secondary N) is 1. The lowest BCUT2D eigenvalue weighted by atomic mass is 10.2. The number of hydrogen-bond donors (Lipinski definition) is 2. The van der Waals surface area contributed by atoms with Crippen molar-refractivity contribution in [1.29, 1.82) is 0 Å². The maximum absolute atomic E-state index is 12.0. The lowest BCUT2D eigenvalue weighted by Crippen LogP contribution is -2.16. The molecule has 2 rings (SSSR count). The fourth-order valence-corrected chi connectivity index (χ4v) is 1.97. The van der Waals surface area contributed by atoms with E-state index >= 15 is 0 Å². The topological polar surface area (TPSA) is 120 Å². The Morgan fingerprint density at radius 2 is 2.13 bits per heavy atom. The summed E-state index contributed by atoms with van der Waals surface area (Å²) in [4.78, 5) is 35.5. The van der Waals surface area contributed by atoms with Crippen molar-refractivity contribution in [3.63, 3.8) is 0 Å². The average molecular weight is 315 g/mol. The highest BCUT2D eigenvalue weighted by molar-refractivity contribution is 5.97. The van der Waals surface area contributed by atoms with E-state index < -0.39 is 5.91 Å². The van der Waals surface area contributed by atoms with E-state index in [1.165, 1.54) is 19.4 Å². The fraction of sp³-hybridized carbons (Fsp3) is 0.267. The van der Waals surface area contributed by atoms with Crippen LogP contribution in [0.2, 0.25) is 0 Å². The minimum absolute atomic E-state index is 0.108. The van der Waals surface area contributed by atoms with Crippen molar-refractivity contribution in [3.8, 4) is 5.88 Å². The Labute approximate surface area is 133 Å². The summed E-state index contributed by atoms with van der Waals surface area (Å²) in [5.41, 5.74) is 6.53. The Balaban J connectivity index is 2.00. The van der Waals surface area contributed by atoms with Crippen molar-refractivity contribution in [2.75, 3.05) is 12.4 Å². The van der Waals surface area contributed by atoms with Crippen LogP contribution in [0.4, 0.5) is 5.69 Å². The van der Waals surface area contributed by atoms with Crippen LogP contribution in [0.1, 0.15) is 28.3 Å². The van der Waals surface area contributed by atoms with Crippen molar-refractivity contribution in [3.05, 3.63) is 41.6 Å².